The maximum absolute atomic E-state index is 13.1. The Morgan fingerprint density at radius 2 is 1.83 bits per heavy atom. The first kappa shape index (κ1) is 23.6. The van der Waals surface area contributed by atoms with Crippen LogP contribution in [0.2, 0.25) is 5.02 Å². The van der Waals surface area contributed by atoms with Crippen molar-refractivity contribution in [2.45, 2.75) is 31.2 Å². The van der Waals surface area contributed by atoms with Gasteiger partial charge in [-0.3, -0.25) is 9.10 Å². The first-order valence-corrected chi connectivity index (χ1v) is 10.9. The van der Waals surface area contributed by atoms with Crippen LogP contribution in [-0.2, 0) is 19.6 Å². The van der Waals surface area contributed by atoms with Gasteiger partial charge in [0.15, 0.2) is 6.61 Å². The van der Waals surface area contributed by atoms with Gasteiger partial charge in [0.25, 0.3) is 15.9 Å². The lowest BCUT2D eigenvalue weighted by atomic mass is 10.2. The summed E-state index contributed by atoms with van der Waals surface area (Å²) in [6, 6.07) is 8.39. The second-order valence-electron chi connectivity index (χ2n) is 6.54. The number of nitrogens with one attached hydrogen (secondary N) is 1. The van der Waals surface area contributed by atoms with Crippen molar-refractivity contribution in [3.63, 3.8) is 0 Å². The first-order valence-electron chi connectivity index (χ1n) is 9.06. The Hall–Kier alpha value is -2.65. The molecule has 7 nitrogen and oxygen atoms in total. The third-order valence-electron chi connectivity index (χ3n) is 4.36. The molecule has 0 aromatic heterocycles. The molecular formula is C20H22ClFN2O5S. The summed E-state index contributed by atoms with van der Waals surface area (Å²) in [5.74, 6) is -1.91. The summed E-state index contributed by atoms with van der Waals surface area (Å²) in [5.41, 5.74) is 0.0405. The second kappa shape index (κ2) is 9.90. The molecule has 10 heteroatoms. The van der Waals surface area contributed by atoms with Crippen molar-refractivity contribution >= 4 is 39.2 Å². The molecule has 162 valence electrons. The van der Waals surface area contributed by atoms with Crippen molar-refractivity contribution in [1.29, 1.82) is 0 Å². The van der Waals surface area contributed by atoms with E-state index in [2.05, 4.69) is 5.32 Å². The third-order valence-corrected chi connectivity index (χ3v) is 6.47. The molecule has 2 aromatic rings. The number of esters is 1. The normalized spacial score (nSPS) is 12.2. The van der Waals surface area contributed by atoms with Crippen LogP contribution in [0.15, 0.2) is 47.4 Å². The molecule has 0 aliphatic carbocycles. The molecular weight excluding hydrogens is 435 g/mol. The highest BCUT2D eigenvalue weighted by Gasteiger charge is 2.24. The van der Waals surface area contributed by atoms with Gasteiger partial charge in [0, 0.05) is 13.1 Å². The summed E-state index contributed by atoms with van der Waals surface area (Å²) < 4.78 is 44.8. The highest BCUT2D eigenvalue weighted by Crippen LogP contribution is 2.26. The molecule has 0 bridgehead atoms. The molecule has 2 rings (SSSR count). The topological polar surface area (TPSA) is 92.8 Å². The summed E-state index contributed by atoms with van der Waals surface area (Å²) >= 11 is 6.03. The molecule has 0 saturated carbocycles. The molecule has 0 spiro atoms. The van der Waals surface area contributed by atoms with Gasteiger partial charge in [0.2, 0.25) is 0 Å². The van der Waals surface area contributed by atoms with Crippen LogP contribution in [0.3, 0.4) is 0 Å². The van der Waals surface area contributed by atoms with Gasteiger partial charge in [-0.2, -0.15) is 0 Å². The molecule has 1 unspecified atom stereocenters. The number of carbonyl (C=O) groups excluding carboxylic acids is 2. The third kappa shape index (κ3) is 5.70. The summed E-state index contributed by atoms with van der Waals surface area (Å²) in [6.45, 7) is 3.18. The molecule has 2 aromatic carbocycles. The zero-order chi connectivity index (χ0) is 22.5. The summed E-state index contributed by atoms with van der Waals surface area (Å²) in [5, 5.41) is 2.62. The second-order valence-corrected chi connectivity index (χ2v) is 8.92. The maximum atomic E-state index is 13.1. The van der Waals surface area contributed by atoms with E-state index in [0.29, 0.717) is 6.42 Å². The van der Waals surface area contributed by atoms with E-state index in [0.717, 1.165) is 22.5 Å². The van der Waals surface area contributed by atoms with Gasteiger partial charge in [-0.15, -0.1) is 0 Å². The first-order chi connectivity index (χ1) is 14.1. The predicted octanol–water partition coefficient (Wildman–Crippen LogP) is 3.38. The van der Waals surface area contributed by atoms with Crippen molar-refractivity contribution in [2.75, 3.05) is 18.0 Å². The van der Waals surface area contributed by atoms with Crippen LogP contribution in [0.5, 0.6) is 0 Å². The Balaban J connectivity index is 2.22. The zero-order valence-corrected chi connectivity index (χ0v) is 18.3. The molecule has 0 aliphatic rings. The number of carbonyl (C=O) groups is 2. The van der Waals surface area contributed by atoms with Gasteiger partial charge in [-0.1, -0.05) is 18.5 Å². The monoisotopic (exact) mass is 456 g/mol. The summed E-state index contributed by atoms with van der Waals surface area (Å²) in [6.07, 6.45) is 0.715. The molecule has 0 radical (unpaired) electrons. The minimum Gasteiger partial charge on any atom is -0.452 e. The number of hydrogen-bond acceptors (Lipinski definition) is 5. The van der Waals surface area contributed by atoms with Crippen LogP contribution in [0.4, 0.5) is 10.1 Å². The van der Waals surface area contributed by atoms with Crippen LogP contribution in [0.25, 0.3) is 0 Å². The molecule has 1 amide bonds. The van der Waals surface area contributed by atoms with E-state index in [4.69, 9.17) is 16.3 Å². The van der Waals surface area contributed by atoms with Crippen molar-refractivity contribution in [2.24, 2.45) is 0 Å². The minimum absolute atomic E-state index is 0.0225. The Kier molecular flexibility index (Phi) is 7.80. The largest absolute Gasteiger partial charge is 0.452 e. The average Bonchev–Trinajstić information content (AvgIpc) is 2.72. The standard InChI is InChI=1S/C20H22ClFN2O5S/c1-4-13(2)23-19(25)12-29-20(26)17-11-16(9-10-18(17)21)30(27,28)24(3)15-7-5-14(22)6-8-15/h5-11,13H,4,12H2,1-3H3,(H,23,25). The van der Waals surface area contributed by atoms with Crippen LogP contribution in [0, 0.1) is 5.82 Å². The fourth-order valence-electron chi connectivity index (χ4n) is 2.40. The predicted molar refractivity (Wildman–Crippen MR) is 112 cm³/mol. The van der Waals surface area contributed by atoms with E-state index >= 15 is 0 Å². The fourth-order valence-corrected chi connectivity index (χ4v) is 3.81. The molecule has 0 aliphatic heterocycles. The number of ether oxygens (including phenoxy) is 1. The molecule has 0 fully saturated rings. The number of anilines is 1. The van der Waals surface area contributed by atoms with E-state index in [-0.39, 0.29) is 27.2 Å². The number of nitrogens with zero attached hydrogens (tertiary/aromatic N) is 1. The highest BCUT2D eigenvalue weighted by atomic mass is 35.5. The van der Waals surface area contributed by atoms with E-state index in [9.17, 15) is 22.4 Å². The van der Waals surface area contributed by atoms with Crippen LogP contribution >= 0.6 is 11.6 Å². The van der Waals surface area contributed by atoms with E-state index in [1.807, 2.05) is 13.8 Å². The lowest BCUT2D eigenvalue weighted by Gasteiger charge is -2.20. The van der Waals surface area contributed by atoms with Gasteiger partial charge in [0.05, 0.1) is 21.2 Å². The van der Waals surface area contributed by atoms with Crippen molar-refractivity contribution in [1.82, 2.24) is 5.32 Å². The Labute approximate surface area is 179 Å². The molecule has 0 heterocycles. The summed E-state index contributed by atoms with van der Waals surface area (Å²) in [7, 11) is -2.76. The quantitative estimate of drug-likeness (QED) is 0.615. The minimum atomic E-state index is -4.06. The number of rotatable bonds is 8. The SMILES string of the molecule is CCC(C)NC(=O)COC(=O)c1cc(S(=O)(=O)N(C)c2ccc(F)cc2)ccc1Cl. The molecule has 1 atom stereocenters. The maximum Gasteiger partial charge on any atom is 0.340 e. The van der Waals surface area contributed by atoms with Crippen LogP contribution in [0.1, 0.15) is 30.6 Å². The number of benzene rings is 2. The summed E-state index contributed by atoms with van der Waals surface area (Å²) in [4.78, 5) is 23.9. The number of halogens is 2. The molecule has 0 saturated heterocycles. The number of amides is 1. The van der Waals surface area contributed by atoms with E-state index in [1.54, 1.807) is 0 Å². The Bertz CT molecular complexity index is 1030. The van der Waals surface area contributed by atoms with Gasteiger partial charge >= 0.3 is 5.97 Å². The number of sulfonamides is 1. The zero-order valence-electron chi connectivity index (χ0n) is 16.7. The van der Waals surface area contributed by atoms with E-state index < -0.39 is 34.3 Å². The van der Waals surface area contributed by atoms with Gasteiger partial charge < -0.3 is 10.1 Å². The fraction of sp³-hybridized carbons (Fsp3) is 0.300. The average molecular weight is 457 g/mol. The highest BCUT2D eigenvalue weighted by molar-refractivity contribution is 7.92. The van der Waals surface area contributed by atoms with Crippen molar-refractivity contribution in [3.8, 4) is 0 Å². The molecule has 1 N–H and O–H groups in total. The lowest BCUT2D eigenvalue weighted by molar-refractivity contribution is -0.124. The van der Waals surface area contributed by atoms with Crippen LogP contribution in [-0.4, -0.2) is 40.0 Å². The van der Waals surface area contributed by atoms with Crippen molar-refractivity contribution < 1.29 is 27.1 Å². The Morgan fingerprint density at radius 1 is 1.20 bits per heavy atom. The Morgan fingerprint density at radius 3 is 2.43 bits per heavy atom. The number of hydrogen-bond donors (Lipinski definition) is 1. The van der Waals surface area contributed by atoms with Crippen molar-refractivity contribution in [3.05, 3.63) is 58.9 Å². The van der Waals surface area contributed by atoms with Crippen LogP contribution < -0.4 is 9.62 Å². The van der Waals surface area contributed by atoms with E-state index in [1.165, 1.54) is 31.3 Å². The smallest absolute Gasteiger partial charge is 0.340 e. The molecule has 30 heavy (non-hydrogen) atoms. The van der Waals surface area contributed by atoms with Gasteiger partial charge in [-0.25, -0.2) is 17.6 Å². The van der Waals surface area contributed by atoms with Gasteiger partial charge in [-0.05, 0) is 55.8 Å². The van der Waals surface area contributed by atoms with Gasteiger partial charge in [0.1, 0.15) is 5.82 Å². The lowest BCUT2D eigenvalue weighted by Crippen LogP contribution is -2.35.